The van der Waals surface area contributed by atoms with Crippen molar-refractivity contribution < 1.29 is 0 Å². The maximum atomic E-state index is 11.2. The van der Waals surface area contributed by atoms with Gasteiger partial charge in [-0.2, -0.15) is 5.26 Å². The highest BCUT2D eigenvalue weighted by atomic mass is 16.1. The van der Waals surface area contributed by atoms with E-state index in [4.69, 9.17) is 5.26 Å². The molecular weight excluding hydrogens is 164 g/mol. The largest absolute Gasteiger partial charge is 0.328 e. The average molecular weight is 174 g/mol. The Morgan fingerprint density at radius 2 is 2.46 bits per heavy atom. The molecule has 0 saturated heterocycles. The number of nitriles is 1. The smallest absolute Gasteiger partial charge is 0.255 e. The molecule has 0 aliphatic rings. The Balaban J connectivity index is 2.95. The molecule has 1 heterocycles. The first-order valence-electron chi connectivity index (χ1n) is 3.97. The van der Waals surface area contributed by atoms with Gasteiger partial charge in [-0.05, 0) is 18.6 Å². The molecule has 3 nitrogen and oxygen atoms in total. The van der Waals surface area contributed by atoms with Crippen LogP contribution < -0.4 is 5.56 Å². The molecule has 0 unspecified atom stereocenters. The van der Waals surface area contributed by atoms with Crippen molar-refractivity contribution in [2.24, 2.45) is 0 Å². The van der Waals surface area contributed by atoms with Gasteiger partial charge in [-0.3, -0.25) is 4.79 Å². The van der Waals surface area contributed by atoms with E-state index in [0.29, 0.717) is 12.0 Å². The first-order valence-corrected chi connectivity index (χ1v) is 3.97. The summed E-state index contributed by atoms with van der Waals surface area (Å²) in [6, 6.07) is 3.76. The van der Waals surface area contributed by atoms with Gasteiger partial charge in [0.1, 0.15) is 0 Å². The van der Waals surface area contributed by atoms with E-state index in [9.17, 15) is 4.79 Å². The van der Waals surface area contributed by atoms with Gasteiger partial charge in [-0.15, -0.1) is 0 Å². The van der Waals surface area contributed by atoms with E-state index in [2.05, 4.69) is 4.98 Å². The first-order chi connectivity index (χ1) is 6.24. The van der Waals surface area contributed by atoms with Crippen LogP contribution in [0.1, 0.15) is 17.5 Å². The monoisotopic (exact) mass is 174 g/mol. The molecular formula is C10H10N2O. The van der Waals surface area contributed by atoms with Crippen LogP contribution in [0.15, 0.2) is 23.1 Å². The molecule has 0 fully saturated rings. The molecule has 13 heavy (non-hydrogen) atoms. The van der Waals surface area contributed by atoms with Crippen molar-refractivity contribution in [3.63, 3.8) is 0 Å². The highest BCUT2D eigenvalue weighted by molar-refractivity contribution is 5.48. The fraction of sp³-hybridized carbons (Fsp3) is 0.200. The lowest BCUT2D eigenvalue weighted by Gasteiger charge is -1.93. The summed E-state index contributed by atoms with van der Waals surface area (Å²) >= 11 is 0. The van der Waals surface area contributed by atoms with E-state index in [1.807, 2.05) is 13.0 Å². The van der Waals surface area contributed by atoms with Crippen molar-refractivity contribution in [3.8, 4) is 6.07 Å². The Morgan fingerprint density at radius 3 is 3.15 bits per heavy atom. The zero-order valence-corrected chi connectivity index (χ0v) is 7.37. The second-order valence-electron chi connectivity index (χ2n) is 2.73. The second-order valence-corrected chi connectivity index (χ2v) is 2.73. The van der Waals surface area contributed by atoms with Crippen LogP contribution in [-0.4, -0.2) is 4.98 Å². The van der Waals surface area contributed by atoms with Crippen molar-refractivity contribution in [2.75, 3.05) is 0 Å². The molecule has 0 atom stereocenters. The van der Waals surface area contributed by atoms with E-state index in [1.165, 1.54) is 0 Å². The summed E-state index contributed by atoms with van der Waals surface area (Å²) in [5.74, 6) is 0. The third-order valence-electron chi connectivity index (χ3n) is 1.58. The normalized spacial score (nSPS) is 10.2. The van der Waals surface area contributed by atoms with E-state index >= 15 is 0 Å². The van der Waals surface area contributed by atoms with Crippen LogP contribution in [0.25, 0.3) is 6.08 Å². The van der Waals surface area contributed by atoms with Gasteiger partial charge >= 0.3 is 0 Å². The van der Waals surface area contributed by atoms with Crippen LogP contribution >= 0.6 is 0 Å². The lowest BCUT2D eigenvalue weighted by molar-refractivity contribution is 1.19. The summed E-state index contributed by atoms with van der Waals surface area (Å²) in [5.41, 5.74) is 1.46. The third kappa shape index (κ3) is 2.60. The molecule has 0 saturated carbocycles. The number of nitrogens with zero attached hydrogens (tertiary/aromatic N) is 1. The predicted molar refractivity (Wildman–Crippen MR) is 51.1 cm³/mol. The van der Waals surface area contributed by atoms with Crippen LogP contribution in [0.2, 0.25) is 0 Å². The molecule has 0 aliphatic heterocycles. The van der Waals surface area contributed by atoms with Gasteiger partial charge in [0.2, 0.25) is 0 Å². The molecule has 0 radical (unpaired) electrons. The number of aromatic amines is 1. The highest BCUT2D eigenvalue weighted by Crippen LogP contribution is 1.99. The third-order valence-corrected chi connectivity index (χ3v) is 1.58. The van der Waals surface area contributed by atoms with Gasteiger partial charge in [0, 0.05) is 11.8 Å². The molecule has 1 aromatic heterocycles. The Kier molecular flexibility index (Phi) is 3.04. The fourth-order valence-electron chi connectivity index (χ4n) is 0.978. The Hall–Kier alpha value is -1.82. The lowest BCUT2D eigenvalue weighted by atomic mass is 10.2. The Morgan fingerprint density at radius 1 is 1.69 bits per heavy atom. The predicted octanol–water partition coefficient (Wildman–Crippen LogP) is 1.61. The molecule has 1 N–H and O–H groups in total. The number of rotatable bonds is 2. The maximum Gasteiger partial charge on any atom is 0.255 e. The summed E-state index contributed by atoms with van der Waals surface area (Å²) in [4.78, 5) is 13.8. The lowest BCUT2D eigenvalue weighted by Crippen LogP contribution is -2.08. The number of pyridine rings is 1. The molecule has 66 valence electrons. The number of nitrogens with one attached hydrogen (secondary N) is 1. The number of allylic oxidation sites excluding steroid dienone is 1. The molecule has 0 spiro atoms. The van der Waals surface area contributed by atoms with E-state index in [0.717, 1.165) is 5.56 Å². The van der Waals surface area contributed by atoms with Crippen LogP contribution in [0.3, 0.4) is 0 Å². The van der Waals surface area contributed by atoms with Gasteiger partial charge in [0.05, 0.1) is 12.5 Å². The zero-order valence-electron chi connectivity index (χ0n) is 7.37. The van der Waals surface area contributed by atoms with Gasteiger partial charge in [0.25, 0.3) is 5.56 Å². The number of aromatic nitrogens is 1. The van der Waals surface area contributed by atoms with Gasteiger partial charge in [-0.1, -0.05) is 12.2 Å². The molecule has 0 bridgehead atoms. The van der Waals surface area contributed by atoms with Crippen molar-refractivity contribution in [1.29, 1.82) is 5.26 Å². The quantitative estimate of drug-likeness (QED) is 0.740. The van der Waals surface area contributed by atoms with Crippen molar-refractivity contribution >= 4 is 6.08 Å². The molecule has 0 aromatic carbocycles. The van der Waals surface area contributed by atoms with Crippen LogP contribution in [-0.2, 0) is 0 Å². The second kappa shape index (κ2) is 4.27. The van der Waals surface area contributed by atoms with Crippen LogP contribution in [0.5, 0.6) is 0 Å². The maximum absolute atomic E-state index is 11.2. The minimum Gasteiger partial charge on any atom is -0.328 e. The average Bonchev–Trinajstić information content (AvgIpc) is 2.11. The number of H-pyrrole nitrogens is 1. The van der Waals surface area contributed by atoms with Gasteiger partial charge in [0.15, 0.2) is 0 Å². The van der Waals surface area contributed by atoms with E-state index in [-0.39, 0.29) is 5.56 Å². The fourth-order valence-corrected chi connectivity index (χ4v) is 0.978. The summed E-state index contributed by atoms with van der Waals surface area (Å²) in [6.07, 6.45) is 5.32. The first kappa shape index (κ1) is 9.27. The summed E-state index contributed by atoms with van der Waals surface area (Å²) in [6.45, 7) is 1.90. The van der Waals surface area contributed by atoms with Gasteiger partial charge in [-0.25, -0.2) is 0 Å². The number of hydrogen-bond acceptors (Lipinski definition) is 2. The van der Waals surface area contributed by atoms with Crippen molar-refractivity contribution in [3.05, 3.63) is 39.8 Å². The van der Waals surface area contributed by atoms with Crippen molar-refractivity contribution in [1.82, 2.24) is 4.98 Å². The summed E-state index contributed by atoms with van der Waals surface area (Å²) in [7, 11) is 0. The van der Waals surface area contributed by atoms with E-state index < -0.39 is 0 Å². The summed E-state index contributed by atoms with van der Waals surface area (Å²) in [5, 5.41) is 8.28. The summed E-state index contributed by atoms with van der Waals surface area (Å²) < 4.78 is 0. The Bertz CT molecular complexity index is 410. The molecule has 1 aromatic rings. The van der Waals surface area contributed by atoms with Crippen LogP contribution in [0.4, 0.5) is 0 Å². The number of hydrogen-bond donors (Lipinski definition) is 1. The minimum absolute atomic E-state index is 0.125. The SMILES string of the molecule is Cc1c[nH]c(=O)c(C=CCC#N)c1. The highest BCUT2D eigenvalue weighted by Gasteiger charge is 1.93. The van der Waals surface area contributed by atoms with Crippen molar-refractivity contribution in [2.45, 2.75) is 13.3 Å². The zero-order chi connectivity index (χ0) is 9.68. The van der Waals surface area contributed by atoms with E-state index in [1.54, 1.807) is 24.4 Å². The van der Waals surface area contributed by atoms with Crippen LogP contribution in [0, 0.1) is 18.3 Å². The molecule has 0 aliphatic carbocycles. The standard InChI is InChI=1S/C10H10N2O/c1-8-6-9(4-2-3-5-11)10(13)12-7-8/h2,4,6-7H,3H2,1H3,(H,12,13). The minimum atomic E-state index is -0.125. The molecule has 3 heteroatoms. The Labute approximate surface area is 76.3 Å². The molecule has 0 amide bonds. The topological polar surface area (TPSA) is 56.6 Å². The molecule has 1 rings (SSSR count). The number of aryl methyl sites for hydroxylation is 1. The van der Waals surface area contributed by atoms with Gasteiger partial charge < -0.3 is 4.98 Å².